The highest BCUT2D eigenvalue weighted by Gasteiger charge is 2.33. The molecule has 1 aliphatic rings. The van der Waals surface area contributed by atoms with Gasteiger partial charge in [-0.25, -0.2) is 0 Å². The summed E-state index contributed by atoms with van der Waals surface area (Å²) in [6, 6.07) is -0.368. The standard InChI is InChI=1S/C13H24N2O2/c1-9(2)11-12(17)15(8-13(3,4)5)7-6-10(16)14-11/h9,11H,6-8H2,1-5H3,(H,14,16). The van der Waals surface area contributed by atoms with E-state index < -0.39 is 0 Å². The van der Waals surface area contributed by atoms with Crippen LogP contribution in [0.15, 0.2) is 0 Å². The number of carbonyl (C=O) groups is 2. The fraction of sp³-hybridized carbons (Fsp3) is 0.846. The van der Waals surface area contributed by atoms with Gasteiger partial charge in [-0.2, -0.15) is 0 Å². The van der Waals surface area contributed by atoms with Gasteiger partial charge >= 0.3 is 0 Å². The molecule has 1 N–H and O–H groups in total. The molecule has 0 aromatic rings. The number of hydrogen-bond donors (Lipinski definition) is 1. The van der Waals surface area contributed by atoms with Crippen molar-refractivity contribution in [1.29, 1.82) is 0 Å². The molecule has 17 heavy (non-hydrogen) atoms. The van der Waals surface area contributed by atoms with Gasteiger partial charge in [0.15, 0.2) is 0 Å². The van der Waals surface area contributed by atoms with Crippen LogP contribution in [0.25, 0.3) is 0 Å². The Balaban J connectivity index is 2.84. The number of nitrogens with zero attached hydrogens (tertiary/aromatic N) is 1. The maximum Gasteiger partial charge on any atom is 0.245 e. The van der Waals surface area contributed by atoms with Gasteiger partial charge in [-0.3, -0.25) is 9.59 Å². The molecule has 1 heterocycles. The average molecular weight is 240 g/mol. The Morgan fingerprint density at radius 2 is 1.94 bits per heavy atom. The molecule has 0 aromatic heterocycles. The van der Waals surface area contributed by atoms with Gasteiger partial charge in [0.05, 0.1) is 0 Å². The second-order valence-electron chi connectivity index (χ2n) is 6.36. The number of carbonyl (C=O) groups excluding carboxylic acids is 2. The third kappa shape index (κ3) is 4.02. The average Bonchev–Trinajstić information content (AvgIpc) is 2.28. The first kappa shape index (κ1) is 14.0. The van der Waals surface area contributed by atoms with Crippen LogP contribution in [-0.2, 0) is 9.59 Å². The van der Waals surface area contributed by atoms with Gasteiger partial charge in [-0.1, -0.05) is 34.6 Å². The largest absolute Gasteiger partial charge is 0.344 e. The first-order chi connectivity index (χ1) is 7.70. The molecule has 0 aliphatic carbocycles. The first-order valence-electron chi connectivity index (χ1n) is 6.29. The van der Waals surface area contributed by atoms with Crippen LogP contribution in [0, 0.1) is 11.3 Å². The summed E-state index contributed by atoms with van der Waals surface area (Å²) >= 11 is 0. The lowest BCUT2D eigenvalue weighted by atomic mass is 9.95. The minimum Gasteiger partial charge on any atom is -0.344 e. The highest BCUT2D eigenvalue weighted by atomic mass is 16.2. The molecular formula is C13H24N2O2. The van der Waals surface area contributed by atoms with E-state index in [2.05, 4.69) is 26.1 Å². The number of amides is 2. The van der Waals surface area contributed by atoms with E-state index in [0.29, 0.717) is 19.5 Å². The quantitative estimate of drug-likeness (QED) is 0.793. The molecule has 1 rings (SSSR count). The number of hydrogen-bond acceptors (Lipinski definition) is 2. The Bertz CT molecular complexity index is 305. The lowest BCUT2D eigenvalue weighted by Crippen LogP contribution is -2.49. The van der Waals surface area contributed by atoms with Crippen molar-refractivity contribution in [3.8, 4) is 0 Å². The monoisotopic (exact) mass is 240 g/mol. The van der Waals surface area contributed by atoms with Gasteiger partial charge in [0.25, 0.3) is 0 Å². The van der Waals surface area contributed by atoms with Gasteiger partial charge < -0.3 is 10.2 Å². The van der Waals surface area contributed by atoms with Crippen molar-refractivity contribution in [2.75, 3.05) is 13.1 Å². The molecule has 0 spiro atoms. The highest BCUT2D eigenvalue weighted by Crippen LogP contribution is 2.19. The van der Waals surface area contributed by atoms with Gasteiger partial charge in [0, 0.05) is 19.5 Å². The van der Waals surface area contributed by atoms with Crippen molar-refractivity contribution in [3.05, 3.63) is 0 Å². The smallest absolute Gasteiger partial charge is 0.245 e. The molecule has 1 aliphatic heterocycles. The molecular weight excluding hydrogens is 216 g/mol. The Morgan fingerprint density at radius 1 is 1.35 bits per heavy atom. The highest BCUT2D eigenvalue weighted by molar-refractivity contribution is 5.90. The summed E-state index contributed by atoms with van der Waals surface area (Å²) < 4.78 is 0. The van der Waals surface area contributed by atoms with Crippen molar-refractivity contribution in [3.63, 3.8) is 0 Å². The second kappa shape index (κ2) is 5.07. The minimum absolute atomic E-state index is 0.0199. The Kier molecular flexibility index (Phi) is 4.17. The number of rotatable bonds is 2. The maximum absolute atomic E-state index is 12.3. The van der Waals surface area contributed by atoms with Crippen molar-refractivity contribution < 1.29 is 9.59 Å². The van der Waals surface area contributed by atoms with Crippen LogP contribution in [0.5, 0.6) is 0 Å². The van der Waals surface area contributed by atoms with Gasteiger partial charge in [0.1, 0.15) is 6.04 Å². The molecule has 4 heteroatoms. The normalized spacial score (nSPS) is 22.7. The molecule has 98 valence electrons. The maximum atomic E-state index is 12.3. The van der Waals surface area contributed by atoms with Crippen LogP contribution in [-0.4, -0.2) is 35.8 Å². The van der Waals surface area contributed by atoms with E-state index in [-0.39, 0.29) is 29.2 Å². The molecule has 2 amide bonds. The molecule has 0 aromatic carbocycles. The zero-order chi connectivity index (χ0) is 13.2. The van der Waals surface area contributed by atoms with E-state index in [1.54, 1.807) is 0 Å². The van der Waals surface area contributed by atoms with Crippen molar-refractivity contribution in [1.82, 2.24) is 10.2 Å². The summed E-state index contributed by atoms with van der Waals surface area (Å²) in [6.07, 6.45) is 0.408. The molecule has 1 fully saturated rings. The summed E-state index contributed by atoms with van der Waals surface area (Å²) in [5, 5.41) is 2.81. The van der Waals surface area contributed by atoms with Crippen molar-refractivity contribution >= 4 is 11.8 Å². The van der Waals surface area contributed by atoms with Gasteiger partial charge in [-0.05, 0) is 11.3 Å². The summed E-state index contributed by atoms with van der Waals surface area (Å²) in [5.41, 5.74) is 0.0601. The molecule has 4 nitrogen and oxygen atoms in total. The Hall–Kier alpha value is -1.06. The van der Waals surface area contributed by atoms with E-state index in [4.69, 9.17) is 0 Å². The van der Waals surface area contributed by atoms with E-state index in [0.717, 1.165) is 0 Å². The van der Waals surface area contributed by atoms with E-state index in [9.17, 15) is 9.59 Å². The zero-order valence-corrected chi connectivity index (χ0v) is 11.5. The van der Waals surface area contributed by atoms with E-state index >= 15 is 0 Å². The molecule has 1 atom stereocenters. The van der Waals surface area contributed by atoms with Crippen LogP contribution in [0.1, 0.15) is 41.0 Å². The fourth-order valence-electron chi connectivity index (χ4n) is 2.03. The molecule has 0 saturated carbocycles. The summed E-state index contributed by atoms with van der Waals surface area (Å²) in [6.45, 7) is 11.5. The Morgan fingerprint density at radius 3 is 2.41 bits per heavy atom. The predicted molar refractivity (Wildman–Crippen MR) is 67.4 cm³/mol. The summed E-state index contributed by atoms with van der Waals surface area (Å²) in [7, 11) is 0. The first-order valence-corrected chi connectivity index (χ1v) is 6.29. The second-order valence-corrected chi connectivity index (χ2v) is 6.36. The third-order valence-corrected chi connectivity index (χ3v) is 2.83. The summed E-state index contributed by atoms with van der Waals surface area (Å²) in [4.78, 5) is 25.7. The molecule has 0 bridgehead atoms. The lowest BCUT2D eigenvalue weighted by Gasteiger charge is -2.31. The van der Waals surface area contributed by atoms with Crippen LogP contribution in [0.3, 0.4) is 0 Å². The van der Waals surface area contributed by atoms with Crippen LogP contribution < -0.4 is 5.32 Å². The fourth-order valence-corrected chi connectivity index (χ4v) is 2.03. The van der Waals surface area contributed by atoms with Gasteiger partial charge in [0.2, 0.25) is 11.8 Å². The predicted octanol–water partition coefficient (Wildman–Crippen LogP) is 1.41. The van der Waals surface area contributed by atoms with Crippen LogP contribution in [0.2, 0.25) is 0 Å². The third-order valence-electron chi connectivity index (χ3n) is 2.83. The van der Waals surface area contributed by atoms with E-state index in [1.807, 2.05) is 18.7 Å². The van der Waals surface area contributed by atoms with Crippen molar-refractivity contribution in [2.24, 2.45) is 11.3 Å². The number of nitrogens with one attached hydrogen (secondary N) is 1. The SMILES string of the molecule is CC(C)C1NC(=O)CCN(CC(C)(C)C)C1=O. The topological polar surface area (TPSA) is 49.4 Å². The van der Waals surface area contributed by atoms with E-state index in [1.165, 1.54) is 0 Å². The van der Waals surface area contributed by atoms with Gasteiger partial charge in [-0.15, -0.1) is 0 Å². The molecule has 0 radical (unpaired) electrons. The molecule has 1 saturated heterocycles. The van der Waals surface area contributed by atoms with Crippen LogP contribution in [0.4, 0.5) is 0 Å². The Labute approximate surface area is 104 Å². The van der Waals surface area contributed by atoms with Crippen LogP contribution >= 0.6 is 0 Å². The zero-order valence-electron chi connectivity index (χ0n) is 11.5. The summed E-state index contributed by atoms with van der Waals surface area (Å²) in [5.74, 6) is 0.168. The molecule has 1 unspecified atom stereocenters. The van der Waals surface area contributed by atoms with Crippen molar-refractivity contribution in [2.45, 2.75) is 47.1 Å². The minimum atomic E-state index is -0.368. The lowest BCUT2D eigenvalue weighted by molar-refractivity contribution is -0.135.